The van der Waals surface area contributed by atoms with Gasteiger partial charge < -0.3 is 9.13 Å². The molecule has 0 aliphatic heterocycles. The summed E-state index contributed by atoms with van der Waals surface area (Å²) in [5.41, 5.74) is 14.0. The summed E-state index contributed by atoms with van der Waals surface area (Å²) < 4.78 is 4.95. The largest absolute Gasteiger partial charge is 0.309 e. The normalized spacial score (nSPS) is 12.9. The number of pyridine rings is 1. The maximum atomic E-state index is 5.65. The molecule has 3 aromatic heterocycles. The third-order valence-corrected chi connectivity index (χ3v) is 14.4. The SMILES string of the molecule is c1ccc(-n2c3ccccc3c3ccc4c(c5ccccc5n4-c4cc(-c5cc6c7c(ccc8cccc(c87)CC6)c5)nc(-c5cc6ccc7cccc8ccc(c5)c6c78)c4)c32)cc1. The molecular weight excluding hydrogens is 775 g/mol. The molecule has 0 saturated carbocycles. The van der Waals surface area contributed by atoms with Crippen LogP contribution < -0.4 is 0 Å². The van der Waals surface area contributed by atoms with Gasteiger partial charge in [-0.3, -0.25) is 0 Å². The predicted molar refractivity (Wildman–Crippen MR) is 270 cm³/mol. The lowest BCUT2D eigenvalue weighted by molar-refractivity contribution is 0.968. The number of hydrogen-bond acceptors (Lipinski definition) is 1. The van der Waals surface area contributed by atoms with Gasteiger partial charge in [-0.1, -0.05) is 133 Å². The van der Waals surface area contributed by atoms with E-state index in [9.17, 15) is 0 Å². The predicted octanol–water partition coefficient (Wildman–Crippen LogP) is 15.9. The standard InChI is InChI=1S/C61H37N3/c1-2-14-46(15-3-1)64-53-18-6-4-16-48(53)49-28-29-55-60(61(49)64)50-17-5-7-19-54(50)63(55)47-34-51(44-30-40-24-20-36-10-8-11-37-21-25-41(31-44)58(40)56(36)37)62-52(35-47)45-32-42-26-22-38-12-9-13-39-23-27-43(33-45)59(42)57(38)39/h1-22,24-26,28-35H,23,27H2. The molecule has 0 unspecified atom stereocenters. The Hall–Kier alpha value is -8.27. The molecule has 3 nitrogen and oxygen atoms in total. The summed E-state index contributed by atoms with van der Waals surface area (Å²) in [6.45, 7) is 0. The molecule has 11 aromatic carbocycles. The van der Waals surface area contributed by atoms with Crippen molar-refractivity contribution in [3.8, 4) is 33.9 Å². The fourth-order valence-corrected chi connectivity index (χ4v) is 11.7. The van der Waals surface area contributed by atoms with E-state index >= 15 is 0 Å². The second kappa shape index (κ2) is 12.7. The minimum atomic E-state index is 0.956. The Morgan fingerprint density at radius 3 is 1.59 bits per heavy atom. The Kier molecular flexibility index (Phi) is 6.79. The average Bonchev–Trinajstić information content (AvgIpc) is 3.88. The van der Waals surface area contributed by atoms with Crippen LogP contribution in [0.4, 0.5) is 0 Å². The monoisotopic (exact) mass is 811 g/mol. The lowest BCUT2D eigenvalue weighted by atomic mass is 9.85. The summed E-state index contributed by atoms with van der Waals surface area (Å²) in [6.07, 6.45) is 2.06. The molecule has 0 fully saturated rings. The average molecular weight is 812 g/mol. The number of para-hydroxylation sites is 3. The fraction of sp³-hybridized carbons (Fsp3) is 0.0328. The summed E-state index contributed by atoms with van der Waals surface area (Å²) in [6, 6.07) is 74.6. The summed E-state index contributed by atoms with van der Waals surface area (Å²) in [5, 5.41) is 18.0. The van der Waals surface area contributed by atoms with Crippen LogP contribution in [0.5, 0.6) is 0 Å². The number of benzene rings is 11. The van der Waals surface area contributed by atoms with Gasteiger partial charge in [0.1, 0.15) is 0 Å². The zero-order valence-corrected chi connectivity index (χ0v) is 34.8. The Bertz CT molecular complexity index is 4240. The quantitative estimate of drug-likeness (QED) is 0.162. The first-order chi connectivity index (χ1) is 31.7. The summed E-state index contributed by atoms with van der Waals surface area (Å²) >= 11 is 0. The third-order valence-electron chi connectivity index (χ3n) is 14.4. The molecule has 64 heavy (non-hydrogen) atoms. The highest BCUT2D eigenvalue weighted by molar-refractivity contribution is 6.27. The van der Waals surface area contributed by atoms with Crippen LogP contribution in [0.2, 0.25) is 0 Å². The van der Waals surface area contributed by atoms with Crippen molar-refractivity contribution in [2.75, 3.05) is 0 Å². The summed E-state index contributed by atoms with van der Waals surface area (Å²) in [4.78, 5) is 5.65. The van der Waals surface area contributed by atoms with Gasteiger partial charge in [-0.25, -0.2) is 4.98 Å². The smallest absolute Gasteiger partial charge is 0.0730 e. The van der Waals surface area contributed by atoms with E-state index in [0.29, 0.717) is 0 Å². The molecule has 0 radical (unpaired) electrons. The van der Waals surface area contributed by atoms with Crippen molar-refractivity contribution in [1.29, 1.82) is 0 Å². The van der Waals surface area contributed by atoms with Crippen LogP contribution in [0, 0.1) is 0 Å². The Labute approximate surface area is 368 Å². The van der Waals surface area contributed by atoms with Crippen LogP contribution in [-0.4, -0.2) is 14.1 Å². The van der Waals surface area contributed by atoms with E-state index in [1.165, 1.54) is 109 Å². The van der Waals surface area contributed by atoms with E-state index in [-0.39, 0.29) is 0 Å². The van der Waals surface area contributed by atoms with Crippen molar-refractivity contribution in [3.63, 3.8) is 0 Å². The molecule has 3 heteroatoms. The third kappa shape index (κ3) is 4.68. The first-order valence-corrected chi connectivity index (χ1v) is 22.4. The first-order valence-electron chi connectivity index (χ1n) is 22.4. The number of fused-ring (bicyclic) bond motifs is 7. The van der Waals surface area contributed by atoms with E-state index in [0.717, 1.165) is 46.7 Å². The van der Waals surface area contributed by atoms with Gasteiger partial charge in [-0.2, -0.15) is 0 Å². The summed E-state index contributed by atoms with van der Waals surface area (Å²) in [7, 11) is 0. The molecule has 296 valence electrons. The molecular formula is C61H37N3. The number of nitrogens with zero attached hydrogens (tertiary/aromatic N) is 3. The molecule has 0 N–H and O–H groups in total. The minimum Gasteiger partial charge on any atom is -0.309 e. The van der Waals surface area contributed by atoms with Gasteiger partial charge in [0.05, 0.1) is 39.1 Å². The van der Waals surface area contributed by atoms with Crippen molar-refractivity contribution in [2.24, 2.45) is 0 Å². The van der Waals surface area contributed by atoms with Gasteiger partial charge in [-0.15, -0.1) is 0 Å². The van der Waals surface area contributed by atoms with Crippen LogP contribution >= 0.6 is 0 Å². The lowest BCUT2D eigenvalue weighted by Gasteiger charge is -2.20. The van der Waals surface area contributed by atoms with Crippen molar-refractivity contribution >= 4 is 97.5 Å². The molecule has 0 atom stereocenters. The highest BCUT2D eigenvalue weighted by Gasteiger charge is 2.23. The van der Waals surface area contributed by atoms with Gasteiger partial charge in [-0.05, 0) is 145 Å². The number of aromatic nitrogens is 3. The van der Waals surface area contributed by atoms with E-state index in [1.54, 1.807) is 0 Å². The first kappa shape index (κ1) is 34.3. The molecule has 0 spiro atoms. The van der Waals surface area contributed by atoms with E-state index in [4.69, 9.17) is 4.98 Å². The topological polar surface area (TPSA) is 22.8 Å². The molecule has 1 aliphatic carbocycles. The van der Waals surface area contributed by atoms with E-state index < -0.39 is 0 Å². The molecule has 0 amide bonds. The second-order valence-electron chi connectivity index (χ2n) is 17.8. The van der Waals surface area contributed by atoms with Gasteiger partial charge in [0.2, 0.25) is 0 Å². The fourth-order valence-electron chi connectivity index (χ4n) is 11.7. The highest BCUT2D eigenvalue weighted by Crippen LogP contribution is 2.45. The van der Waals surface area contributed by atoms with Crippen LogP contribution in [0.3, 0.4) is 0 Å². The van der Waals surface area contributed by atoms with Crippen molar-refractivity contribution in [1.82, 2.24) is 14.1 Å². The summed E-state index contributed by atoms with van der Waals surface area (Å²) in [5.74, 6) is 0. The van der Waals surface area contributed by atoms with E-state index in [2.05, 4.69) is 209 Å². The lowest BCUT2D eigenvalue weighted by Crippen LogP contribution is -2.02. The molecule has 15 rings (SSSR count). The van der Waals surface area contributed by atoms with Crippen molar-refractivity contribution < 1.29 is 0 Å². The Morgan fingerprint density at radius 2 is 0.859 bits per heavy atom. The maximum absolute atomic E-state index is 5.65. The van der Waals surface area contributed by atoms with Crippen LogP contribution in [-0.2, 0) is 12.8 Å². The zero-order valence-electron chi connectivity index (χ0n) is 34.8. The molecule has 3 heterocycles. The van der Waals surface area contributed by atoms with Crippen LogP contribution in [0.1, 0.15) is 11.1 Å². The second-order valence-corrected chi connectivity index (χ2v) is 17.8. The number of hydrogen-bond donors (Lipinski definition) is 0. The van der Waals surface area contributed by atoms with Crippen molar-refractivity contribution in [2.45, 2.75) is 12.8 Å². The molecule has 0 saturated heterocycles. The Balaban J connectivity index is 1.04. The van der Waals surface area contributed by atoms with Crippen LogP contribution in [0.15, 0.2) is 200 Å². The van der Waals surface area contributed by atoms with E-state index in [1.807, 2.05) is 0 Å². The molecule has 1 aliphatic rings. The Morgan fingerprint density at radius 1 is 0.312 bits per heavy atom. The van der Waals surface area contributed by atoms with Gasteiger partial charge in [0, 0.05) is 38.4 Å². The van der Waals surface area contributed by atoms with Gasteiger partial charge in [0.25, 0.3) is 0 Å². The number of aryl methyl sites for hydroxylation is 2. The van der Waals surface area contributed by atoms with Gasteiger partial charge in [0.15, 0.2) is 0 Å². The van der Waals surface area contributed by atoms with Crippen LogP contribution in [0.25, 0.3) is 131 Å². The van der Waals surface area contributed by atoms with Crippen molar-refractivity contribution in [3.05, 3.63) is 211 Å². The highest BCUT2D eigenvalue weighted by atomic mass is 15.0. The minimum absolute atomic E-state index is 0.956. The molecule has 0 bridgehead atoms. The van der Waals surface area contributed by atoms with Gasteiger partial charge >= 0.3 is 0 Å². The maximum Gasteiger partial charge on any atom is 0.0730 e. The molecule has 14 aromatic rings. The number of rotatable bonds is 4. The zero-order chi connectivity index (χ0) is 41.6.